The Morgan fingerprint density at radius 3 is 2.48 bits per heavy atom. The minimum atomic E-state index is 0.0483. The highest BCUT2D eigenvalue weighted by Gasteiger charge is 2.23. The lowest BCUT2D eigenvalue weighted by molar-refractivity contribution is -0.126. The van der Waals surface area contributed by atoms with Crippen LogP contribution in [0.1, 0.15) is 19.4 Å². The molecular weight excluding hydrogens is 268 g/mol. The van der Waals surface area contributed by atoms with Gasteiger partial charge in [-0.1, -0.05) is 12.1 Å². The molecule has 0 aliphatic carbocycles. The summed E-state index contributed by atoms with van der Waals surface area (Å²) < 4.78 is 10.8. The molecule has 21 heavy (non-hydrogen) atoms. The Morgan fingerprint density at radius 1 is 1.29 bits per heavy atom. The zero-order valence-electron chi connectivity index (χ0n) is 13.0. The molecule has 5 nitrogen and oxygen atoms in total. The van der Waals surface area contributed by atoms with Crippen LogP contribution in [0.15, 0.2) is 24.3 Å². The van der Waals surface area contributed by atoms with E-state index in [1.807, 2.05) is 38.1 Å². The molecule has 1 aromatic carbocycles. The van der Waals surface area contributed by atoms with Crippen molar-refractivity contribution in [3.63, 3.8) is 0 Å². The lowest BCUT2D eigenvalue weighted by Crippen LogP contribution is -2.49. The molecule has 1 N–H and O–H groups in total. The van der Waals surface area contributed by atoms with E-state index < -0.39 is 0 Å². The Morgan fingerprint density at radius 2 is 1.90 bits per heavy atom. The van der Waals surface area contributed by atoms with Crippen molar-refractivity contribution in [2.24, 2.45) is 0 Å². The maximum atomic E-state index is 12.0. The molecule has 116 valence electrons. The number of hydrogen-bond donors (Lipinski definition) is 1. The minimum absolute atomic E-state index is 0.0483. The first-order chi connectivity index (χ1) is 10.1. The van der Waals surface area contributed by atoms with Gasteiger partial charge in [0.1, 0.15) is 5.75 Å². The van der Waals surface area contributed by atoms with Crippen LogP contribution in [0.3, 0.4) is 0 Å². The van der Waals surface area contributed by atoms with E-state index in [-0.39, 0.29) is 18.1 Å². The van der Waals surface area contributed by atoms with Gasteiger partial charge in [0.15, 0.2) is 0 Å². The number of nitrogens with one attached hydrogen (secondary N) is 1. The average Bonchev–Trinajstić information content (AvgIpc) is 2.44. The Hall–Kier alpha value is -1.59. The van der Waals surface area contributed by atoms with Crippen LogP contribution in [-0.2, 0) is 16.1 Å². The fourth-order valence-corrected chi connectivity index (χ4v) is 2.62. The molecule has 2 atom stereocenters. The summed E-state index contributed by atoms with van der Waals surface area (Å²) in [5, 5.41) is 2.95. The molecular formula is C16H24N2O3. The predicted octanol–water partition coefficient (Wildman–Crippen LogP) is 1.42. The van der Waals surface area contributed by atoms with Crippen LogP contribution in [0.25, 0.3) is 0 Å². The molecule has 2 rings (SSSR count). The number of ether oxygens (including phenoxy) is 2. The van der Waals surface area contributed by atoms with Gasteiger partial charge in [0.05, 0.1) is 25.9 Å². The van der Waals surface area contributed by atoms with Gasteiger partial charge in [0, 0.05) is 19.6 Å². The van der Waals surface area contributed by atoms with Crippen molar-refractivity contribution in [2.75, 3.05) is 26.7 Å². The Bertz CT molecular complexity index is 451. The fraction of sp³-hybridized carbons (Fsp3) is 0.562. The third-order valence-corrected chi connectivity index (χ3v) is 3.51. The summed E-state index contributed by atoms with van der Waals surface area (Å²) in [4.78, 5) is 14.1. The van der Waals surface area contributed by atoms with Gasteiger partial charge in [-0.15, -0.1) is 0 Å². The highest BCUT2D eigenvalue weighted by Crippen LogP contribution is 2.11. The van der Waals surface area contributed by atoms with Gasteiger partial charge >= 0.3 is 0 Å². The third kappa shape index (κ3) is 5.02. The zero-order valence-corrected chi connectivity index (χ0v) is 13.0. The smallest absolute Gasteiger partial charge is 0.234 e. The van der Waals surface area contributed by atoms with Crippen LogP contribution < -0.4 is 10.1 Å². The first kappa shape index (κ1) is 15.8. The van der Waals surface area contributed by atoms with Gasteiger partial charge < -0.3 is 14.8 Å². The Labute approximate surface area is 126 Å². The van der Waals surface area contributed by atoms with E-state index in [4.69, 9.17) is 9.47 Å². The first-order valence-electron chi connectivity index (χ1n) is 7.34. The van der Waals surface area contributed by atoms with Crippen molar-refractivity contribution in [1.82, 2.24) is 10.2 Å². The molecule has 0 aromatic heterocycles. The number of carbonyl (C=O) groups is 1. The van der Waals surface area contributed by atoms with Crippen molar-refractivity contribution in [1.29, 1.82) is 0 Å². The molecule has 1 fully saturated rings. The van der Waals surface area contributed by atoms with Gasteiger partial charge in [-0.2, -0.15) is 0 Å². The molecule has 1 aliphatic rings. The normalized spacial score (nSPS) is 22.8. The van der Waals surface area contributed by atoms with Gasteiger partial charge in [-0.05, 0) is 31.5 Å². The molecule has 0 saturated carbocycles. The lowest BCUT2D eigenvalue weighted by Gasteiger charge is -2.34. The van der Waals surface area contributed by atoms with Crippen molar-refractivity contribution in [3.05, 3.63) is 29.8 Å². The van der Waals surface area contributed by atoms with Gasteiger partial charge in [-0.3, -0.25) is 9.69 Å². The number of nitrogens with zero attached hydrogens (tertiary/aromatic N) is 1. The maximum Gasteiger partial charge on any atom is 0.234 e. The second-order valence-electron chi connectivity index (χ2n) is 5.58. The van der Waals surface area contributed by atoms with Crippen LogP contribution in [0.2, 0.25) is 0 Å². The first-order valence-corrected chi connectivity index (χ1v) is 7.34. The van der Waals surface area contributed by atoms with E-state index in [0.717, 1.165) is 24.4 Å². The second-order valence-corrected chi connectivity index (χ2v) is 5.58. The summed E-state index contributed by atoms with van der Waals surface area (Å²) in [5.74, 6) is 0.869. The molecule has 1 aliphatic heterocycles. The number of hydrogen-bond acceptors (Lipinski definition) is 4. The predicted molar refractivity (Wildman–Crippen MR) is 81.3 cm³/mol. The number of methoxy groups -OCH3 is 1. The Kier molecular flexibility index (Phi) is 5.59. The second kappa shape index (κ2) is 7.43. The average molecular weight is 292 g/mol. The zero-order chi connectivity index (χ0) is 15.2. The molecule has 1 amide bonds. The topological polar surface area (TPSA) is 50.8 Å². The molecule has 0 unspecified atom stereocenters. The van der Waals surface area contributed by atoms with Crippen LogP contribution in [-0.4, -0.2) is 49.8 Å². The van der Waals surface area contributed by atoms with E-state index in [2.05, 4.69) is 10.2 Å². The SMILES string of the molecule is COc1ccc(CNC(=O)CN2C[C@@H](C)O[C@@H](C)C2)cc1. The van der Waals surface area contributed by atoms with Crippen molar-refractivity contribution in [3.8, 4) is 5.75 Å². The van der Waals surface area contributed by atoms with Gasteiger partial charge in [0.25, 0.3) is 0 Å². The van der Waals surface area contributed by atoms with E-state index >= 15 is 0 Å². The highest BCUT2D eigenvalue weighted by molar-refractivity contribution is 5.78. The van der Waals surface area contributed by atoms with E-state index in [1.165, 1.54) is 0 Å². The maximum absolute atomic E-state index is 12.0. The summed E-state index contributed by atoms with van der Waals surface area (Å²) in [5.41, 5.74) is 1.06. The summed E-state index contributed by atoms with van der Waals surface area (Å²) in [6.45, 7) is 6.66. The van der Waals surface area contributed by atoms with Crippen LogP contribution in [0.4, 0.5) is 0 Å². The molecule has 1 saturated heterocycles. The fourth-order valence-electron chi connectivity index (χ4n) is 2.62. The molecule has 0 bridgehead atoms. The molecule has 1 aromatic rings. The molecule has 0 radical (unpaired) electrons. The van der Waals surface area contributed by atoms with Crippen LogP contribution >= 0.6 is 0 Å². The summed E-state index contributed by atoms with van der Waals surface area (Å²) in [7, 11) is 1.64. The number of rotatable bonds is 5. The molecule has 5 heteroatoms. The highest BCUT2D eigenvalue weighted by atomic mass is 16.5. The number of morpholine rings is 1. The molecule has 1 heterocycles. The quantitative estimate of drug-likeness (QED) is 0.892. The minimum Gasteiger partial charge on any atom is -0.497 e. The summed E-state index contributed by atoms with van der Waals surface area (Å²) in [6.07, 6.45) is 0.367. The molecule has 0 spiro atoms. The van der Waals surface area contributed by atoms with Gasteiger partial charge in [-0.25, -0.2) is 0 Å². The van der Waals surface area contributed by atoms with E-state index in [9.17, 15) is 4.79 Å². The third-order valence-electron chi connectivity index (χ3n) is 3.51. The Balaban J connectivity index is 1.76. The summed E-state index contributed by atoms with van der Waals surface area (Å²) in [6, 6.07) is 7.70. The number of amides is 1. The number of benzene rings is 1. The monoisotopic (exact) mass is 292 g/mol. The van der Waals surface area contributed by atoms with Crippen molar-refractivity contribution >= 4 is 5.91 Å². The lowest BCUT2D eigenvalue weighted by atomic mass is 10.2. The van der Waals surface area contributed by atoms with Crippen LogP contribution in [0.5, 0.6) is 5.75 Å². The van der Waals surface area contributed by atoms with Crippen LogP contribution in [0, 0.1) is 0 Å². The van der Waals surface area contributed by atoms with Crippen molar-refractivity contribution < 1.29 is 14.3 Å². The van der Waals surface area contributed by atoms with E-state index in [1.54, 1.807) is 7.11 Å². The van der Waals surface area contributed by atoms with E-state index in [0.29, 0.717) is 13.1 Å². The number of carbonyl (C=O) groups excluding carboxylic acids is 1. The van der Waals surface area contributed by atoms with Gasteiger partial charge in [0.2, 0.25) is 5.91 Å². The summed E-state index contributed by atoms with van der Waals surface area (Å²) >= 11 is 0. The van der Waals surface area contributed by atoms with Crippen molar-refractivity contribution in [2.45, 2.75) is 32.6 Å². The largest absolute Gasteiger partial charge is 0.497 e. The standard InChI is InChI=1S/C16H24N2O3/c1-12-9-18(10-13(2)21-12)11-16(19)17-8-14-4-6-15(20-3)7-5-14/h4-7,12-13H,8-11H2,1-3H3,(H,17,19)/t12-,13+.